The summed E-state index contributed by atoms with van der Waals surface area (Å²) in [6.45, 7) is 4.85. The van der Waals surface area contributed by atoms with Crippen molar-refractivity contribution in [2.45, 2.75) is 32.9 Å². The Morgan fingerprint density at radius 3 is 2.30 bits per heavy atom. The van der Waals surface area contributed by atoms with Gasteiger partial charge in [-0.15, -0.1) is 0 Å². The first kappa shape index (κ1) is 15.7. The summed E-state index contributed by atoms with van der Waals surface area (Å²) < 4.78 is 4.94. The Hall–Kier alpha value is -2.31. The number of nitrogens with one attached hydrogen (secondary N) is 2. The summed E-state index contributed by atoms with van der Waals surface area (Å²) in [5.41, 5.74) is 0. The van der Waals surface area contributed by atoms with Crippen LogP contribution < -0.4 is 10.6 Å². The van der Waals surface area contributed by atoms with Crippen molar-refractivity contribution in [1.82, 2.24) is 10.6 Å². The first-order valence-corrected chi connectivity index (χ1v) is 6.20. The van der Waals surface area contributed by atoms with Crippen molar-refractivity contribution in [2.24, 2.45) is 5.92 Å². The molecule has 0 bridgehead atoms. The summed E-state index contributed by atoms with van der Waals surface area (Å²) in [5.74, 6) is -2.32. The van der Waals surface area contributed by atoms with Gasteiger partial charge in [-0.1, -0.05) is 13.8 Å². The minimum Gasteiger partial charge on any atom is -0.480 e. The molecule has 2 atom stereocenters. The lowest BCUT2D eigenvalue weighted by Gasteiger charge is -2.22. The molecule has 1 aromatic rings. The van der Waals surface area contributed by atoms with Gasteiger partial charge in [0.2, 0.25) is 5.91 Å². The molecule has 0 fully saturated rings. The van der Waals surface area contributed by atoms with E-state index in [1.54, 1.807) is 19.9 Å². The maximum Gasteiger partial charge on any atom is 0.325 e. The van der Waals surface area contributed by atoms with Gasteiger partial charge in [-0.05, 0) is 25.0 Å². The number of amides is 2. The molecule has 0 aliphatic rings. The zero-order valence-electron chi connectivity index (χ0n) is 11.5. The largest absolute Gasteiger partial charge is 0.480 e. The smallest absolute Gasteiger partial charge is 0.325 e. The fourth-order valence-electron chi connectivity index (χ4n) is 1.52. The second kappa shape index (κ2) is 6.74. The molecule has 7 nitrogen and oxygen atoms in total. The SMILES string of the molecule is CC(C)C(NC(=O)c1ccco1)C(=O)N[C@H](C)C(=O)O. The number of carbonyl (C=O) groups excluding carboxylic acids is 2. The molecule has 1 rings (SSSR count). The van der Waals surface area contributed by atoms with Gasteiger partial charge in [0.15, 0.2) is 5.76 Å². The quantitative estimate of drug-likeness (QED) is 0.709. The van der Waals surface area contributed by atoms with Gasteiger partial charge in [-0.3, -0.25) is 14.4 Å². The Balaban J connectivity index is 2.72. The molecule has 0 radical (unpaired) electrons. The molecule has 0 saturated carbocycles. The van der Waals surface area contributed by atoms with E-state index in [1.165, 1.54) is 19.3 Å². The van der Waals surface area contributed by atoms with Gasteiger partial charge in [-0.2, -0.15) is 0 Å². The summed E-state index contributed by atoms with van der Waals surface area (Å²) in [6, 6.07) is 1.18. The third-order valence-electron chi connectivity index (χ3n) is 2.71. The van der Waals surface area contributed by atoms with Crippen molar-refractivity contribution in [3.8, 4) is 0 Å². The van der Waals surface area contributed by atoms with Gasteiger partial charge in [0.1, 0.15) is 12.1 Å². The Morgan fingerprint density at radius 2 is 1.85 bits per heavy atom. The van der Waals surface area contributed by atoms with E-state index in [0.717, 1.165) is 0 Å². The van der Waals surface area contributed by atoms with Crippen LogP contribution in [-0.2, 0) is 9.59 Å². The van der Waals surface area contributed by atoms with Gasteiger partial charge >= 0.3 is 5.97 Å². The monoisotopic (exact) mass is 282 g/mol. The van der Waals surface area contributed by atoms with Crippen molar-refractivity contribution >= 4 is 17.8 Å². The first-order valence-electron chi connectivity index (χ1n) is 6.20. The molecule has 7 heteroatoms. The van der Waals surface area contributed by atoms with Crippen LogP contribution in [0.1, 0.15) is 31.3 Å². The molecular formula is C13H18N2O5. The normalized spacial score (nSPS) is 13.6. The van der Waals surface area contributed by atoms with E-state index in [2.05, 4.69) is 10.6 Å². The third kappa shape index (κ3) is 4.11. The number of carbonyl (C=O) groups is 3. The van der Waals surface area contributed by atoms with Crippen molar-refractivity contribution < 1.29 is 23.9 Å². The maximum absolute atomic E-state index is 12.0. The first-order chi connectivity index (χ1) is 9.32. The second-order valence-electron chi connectivity index (χ2n) is 4.74. The molecule has 0 aromatic carbocycles. The highest BCUT2D eigenvalue weighted by molar-refractivity contribution is 5.96. The summed E-state index contributed by atoms with van der Waals surface area (Å²) in [4.78, 5) is 34.5. The zero-order valence-corrected chi connectivity index (χ0v) is 11.5. The van der Waals surface area contributed by atoms with Crippen LogP contribution in [0.5, 0.6) is 0 Å². The van der Waals surface area contributed by atoms with Crippen LogP contribution in [0.15, 0.2) is 22.8 Å². The van der Waals surface area contributed by atoms with Crippen LogP contribution in [-0.4, -0.2) is 35.0 Å². The van der Waals surface area contributed by atoms with Crippen molar-refractivity contribution in [1.29, 1.82) is 0 Å². The number of hydrogen-bond acceptors (Lipinski definition) is 4. The second-order valence-corrected chi connectivity index (χ2v) is 4.74. The highest BCUT2D eigenvalue weighted by Gasteiger charge is 2.27. The number of hydrogen-bond donors (Lipinski definition) is 3. The fourth-order valence-corrected chi connectivity index (χ4v) is 1.52. The molecule has 1 unspecified atom stereocenters. The minimum absolute atomic E-state index is 0.0923. The predicted octanol–water partition coefficient (Wildman–Crippen LogP) is 0.623. The lowest BCUT2D eigenvalue weighted by molar-refractivity contribution is -0.141. The third-order valence-corrected chi connectivity index (χ3v) is 2.71. The Bertz CT molecular complexity index is 481. The summed E-state index contributed by atoms with van der Waals surface area (Å²) in [6.07, 6.45) is 1.35. The summed E-state index contributed by atoms with van der Waals surface area (Å²) >= 11 is 0. The van der Waals surface area contributed by atoms with E-state index in [0.29, 0.717) is 0 Å². The average Bonchev–Trinajstić information content (AvgIpc) is 2.88. The van der Waals surface area contributed by atoms with Crippen LogP contribution in [0.3, 0.4) is 0 Å². The lowest BCUT2D eigenvalue weighted by Crippen LogP contribution is -2.52. The number of rotatable bonds is 6. The van der Waals surface area contributed by atoms with Crippen LogP contribution in [0.2, 0.25) is 0 Å². The highest BCUT2D eigenvalue weighted by atomic mass is 16.4. The van der Waals surface area contributed by atoms with E-state index < -0.39 is 29.9 Å². The molecule has 1 heterocycles. The van der Waals surface area contributed by atoms with Crippen LogP contribution in [0, 0.1) is 5.92 Å². The minimum atomic E-state index is -1.14. The topological polar surface area (TPSA) is 109 Å². The number of carboxylic acids is 1. The molecule has 20 heavy (non-hydrogen) atoms. The molecule has 0 spiro atoms. The van der Waals surface area contributed by atoms with E-state index in [4.69, 9.17) is 9.52 Å². The van der Waals surface area contributed by atoms with E-state index in [1.807, 2.05) is 0 Å². The molecule has 0 saturated heterocycles. The molecule has 3 N–H and O–H groups in total. The molecule has 0 aliphatic heterocycles. The standard InChI is InChI=1S/C13H18N2O5/c1-7(2)10(12(17)14-8(3)13(18)19)15-11(16)9-5-4-6-20-9/h4-8,10H,1-3H3,(H,14,17)(H,15,16)(H,18,19)/t8-,10?/m1/s1. The maximum atomic E-state index is 12.0. The Kier molecular flexibility index (Phi) is 5.31. The molecule has 1 aromatic heterocycles. The van der Waals surface area contributed by atoms with Crippen LogP contribution in [0.25, 0.3) is 0 Å². The van der Waals surface area contributed by atoms with E-state index >= 15 is 0 Å². The predicted molar refractivity (Wildman–Crippen MR) is 70.0 cm³/mol. The van der Waals surface area contributed by atoms with Gasteiger partial charge in [0.25, 0.3) is 5.91 Å². The van der Waals surface area contributed by atoms with Crippen LogP contribution in [0.4, 0.5) is 0 Å². The fraction of sp³-hybridized carbons (Fsp3) is 0.462. The number of carboxylic acid groups (broad SMARTS) is 1. The lowest BCUT2D eigenvalue weighted by atomic mass is 10.0. The number of furan rings is 1. The van der Waals surface area contributed by atoms with Crippen LogP contribution >= 0.6 is 0 Å². The zero-order chi connectivity index (χ0) is 15.3. The van der Waals surface area contributed by atoms with E-state index in [-0.39, 0.29) is 11.7 Å². The van der Waals surface area contributed by atoms with E-state index in [9.17, 15) is 14.4 Å². The summed E-state index contributed by atoms with van der Waals surface area (Å²) in [7, 11) is 0. The molecule has 110 valence electrons. The van der Waals surface area contributed by atoms with Gasteiger partial charge in [0, 0.05) is 0 Å². The van der Waals surface area contributed by atoms with Crippen molar-refractivity contribution in [2.75, 3.05) is 0 Å². The average molecular weight is 282 g/mol. The Morgan fingerprint density at radius 1 is 1.20 bits per heavy atom. The summed E-state index contributed by atoms with van der Waals surface area (Å²) in [5, 5.41) is 13.6. The highest BCUT2D eigenvalue weighted by Crippen LogP contribution is 2.06. The number of aliphatic carboxylic acids is 1. The molecule has 2 amide bonds. The van der Waals surface area contributed by atoms with Crippen molar-refractivity contribution in [3.05, 3.63) is 24.2 Å². The molecular weight excluding hydrogens is 264 g/mol. The molecule has 0 aliphatic carbocycles. The van der Waals surface area contributed by atoms with Gasteiger partial charge in [-0.25, -0.2) is 0 Å². The van der Waals surface area contributed by atoms with Gasteiger partial charge in [0.05, 0.1) is 6.26 Å². The van der Waals surface area contributed by atoms with Crippen molar-refractivity contribution in [3.63, 3.8) is 0 Å². The Labute approximate surface area is 116 Å². The van der Waals surface area contributed by atoms with Gasteiger partial charge < -0.3 is 20.2 Å².